The van der Waals surface area contributed by atoms with Crippen LogP contribution in [0.4, 0.5) is 11.4 Å². The number of amides is 2. The summed E-state index contributed by atoms with van der Waals surface area (Å²) < 4.78 is 0. The van der Waals surface area contributed by atoms with Crippen molar-refractivity contribution in [3.63, 3.8) is 0 Å². The molecule has 6 N–H and O–H groups in total. The molecular formula is C24H18N2O6. The van der Waals surface area contributed by atoms with Crippen LogP contribution < -0.4 is 10.6 Å². The average Bonchev–Trinajstić information content (AvgIpc) is 2.78. The van der Waals surface area contributed by atoms with E-state index in [-0.39, 0.29) is 11.1 Å². The standard InChI is InChI=1S/C24H18N2O6/c27-19-11-3-7-15(21(19)29)23(31)25-17-9-1-5-13-14(17)6-2-10-18(13)26-24(32)16-8-4-12-20(28)22(16)30/h1-12,27-30H,(H,25,31)(H,26,32). The van der Waals surface area contributed by atoms with Crippen LogP contribution >= 0.6 is 0 Å². The van der Waals surface area contributed by atoms with Crippen molar-refractivity contribution >= 4 is 34.0 Å². The van der Waals surface area contributed by atoms with Gasteiger partial charge in [0, 0.05) is 22.1 Å². The Kier molecular flexibility index (Phi) is 5.26. The fourth-order valence-corrected chi connectivity index (χ4v) is 3.34. The van der Waals surface area contributed by atoms with Gasteiger partial charge in [0.15, 0.2) is 23.0 Å². The van der Waals surface area contributed by atoms with E-state index in [2.05, 4.69) is 10.6 Å². The van der Waals surface area contributed by atoms with Crippen molar-refractivity contribution in [3.8, 4) is 23.0 Å². The highest BCUT2D eigenvalue weighted by molar-refractivity contribution is 6.15. The van der Waals surface area contributed by atoms with Crippen LogP contribution in [0.2, 0.25) is 0 Å². The highest BCUT2D eigenvalue weighted by Crippen LogP contribution is 2.33. The van der Waals surface area contributed by atoms with E-state index >= 15 is 0 Å². The molecule has 0 bridgehead atoms. The molecule has 0 saturated carbocycles. The maximum absolute atomic E-state index is 12.6. The molecule has 0 fully saturated rings. The van der Waals surface area contributed by atoms with E-state index in [1.165, 1.54) is 36.4 Å². The fraction of sp³-hybridized carbons (Fsp3) is 0. The fourth-order valence-electron chi connectivity index (χ4n) is 3.34. The number of para-hydroxylation sites is 2. The van der Waals surface area contributed by atoms with Gasteiger partial charge in [0.05, 0.1) is 11.1 Å². The van der Waals surface area contributed by atoms with Gasteiger partial charge in [-0.05, 0) is 36.4 Å². The molecule has 0 aromatic heterocycles. The lowest BCUT2D eigenvalue weighted by atomic mass is 10.1. The Bertz CT molecular complexity index is 1260. The van der Waals surface area contributed by atoms with E-state index < -0.39 is 34.8 Å². The van der Waals surface area contributed by atoms with Crippen LogP contribution in [0.15, 0.2) is 72.8 Å². The SMILES string of the molecule is O=C(Nc1cccc2c(NC(=O)c3cccc(O)c3O)cccc12)c1cccc(O)c1O. The Balaban J connectivity index is 1.67. The summed E-state index contributed by atoms with van der Waals surface area (Å²) in [7, 11) is 0. The summed E-state index contributed by atoms with van der Waals surface area (Å²) in [6.07, 6.45) is 0. The molecule has 0 spiro atoms. The Morgan fingerprint density at radius 2 is 0.906 bits per heavy atom. The van der Waals surface area contributed by atoms with Crippen LogP contribution in [-0.2, 0) is 0 Å². The maximum atomic E-state index is 12.6. The van der Waals surface area contributed by atoms with Crippen molar-refractivity contribution in [1.29, 1.82) is 0 Å². The molecule has 0 heterocycles. The smallest absolute Gasteiger partial charge is 0.259 e. The van der Waals surface area contributed by atoms with Crippen LogP contribution in [-0.4, -0.2) is 32.2 Å². The van der Waals surface area contributed by atoms with E-state index in [4.69, 9.17) is 0 Å². The van der Waals surface area contributed by atoms with Gasteiger partial charge in [0.25, 0.3) is 11.8 Å². The molecule has 8 heteroatoms. The molecule has 0 atom stereocenters. The number of nitrogens with one attached hydrogen (secondary N) is 2. The molecule has 0 radical (unpaired) electrons. The van der Waals surface area contributed by atoms with Gasteiger partial charge in [-0.3, -0.25) is 9.59 Å². The minimum Gasteiger partial charge on any atom is -0.504 e. The maximum Gasteiger partial charge on any atom is 0.259 e. The molecule has 4 aromatic rings. The Hall–Kier alpha value is -4.72. The Morgan fingerprint density at radius 1 is 0.531 bits per heavy atom. The zero-order chi connectivity index (χ0) is 22.8. The van der Waals surface area contributed by atoms with E-state index in [0.29, 0.717) is 22.1 Å². The van der Waals surface area contributed by atoms with Crippen LogP contribution in [0.3, 0.4) is 0 Å². The number of carbonyl (C=O) groups excluding carboxylic acids is 2. The van der Waals surface area contributed by atoms with Crippen LogP contribution in [0.5, 0.6) is 23.0 Å². The normalized spacial score (nSPS) is 10.6. The molecule has 4 aromatic carbocycles. The number of rotatable bonds is 4. The molecule has 0 aliphatic carbocycles. The van der Waals surface area contributed by atoms with Gasteiger partial charge in [-0.25, -0.2) is 0 Å². The number of hydrogen-bond donors (Lipinski definition) is 6. The number of phenols is 4. The number of carbonyl (C=O) groups is 2. The number of benzene rings is 4. The summed E-state index contributed by atoms with van der Waals surface area (Å²) in [4.78, 5) is 25.3. The lowest BCUT2D eigenvalue weighted by molar-refractivity contribution is 0.101. The molecular weight excluding hydrogens is 412 g/mol. The van der Waals surface area contributed by atoms with Gasteiger partial charge < -0.3 is 31.1 Å². The first-order chi connectivity index (χ1) is 15.4. The Morgan fingerprint density at radius 3 is 1.31 bits per heavy atom. The molecule has 4 rings (SSSR count). The van der Waals surface area contributed by atoms with Gasteiger partial charge in [-0.15, -0.1) is 0 Å². The molecule has 0 aliphatic heterocycles. The van der Waals surface area contributed by atoms with Gasteiger partial charge in [-0.2, -0.15) is 0 Å². The zero-order valence-corrected chi connectivity index (χ0v) is 16.5. The second-order valence-corrected chi connectivity index (χ2v) is 6.96. The van der Waals surface area contributed by atoms with Gasteiger partial charge in [0.2, 0.25) is 0 Å². The summed E-state index contributed by atoms with van der Waals surface area (Å²) in [5.41, 5.74) is 0.662. The summed E-state index contributed by atoms with van der Waals surface area (Å²) in [5.74, 6) is -3.10. The first-order valence-electron chi connectivity index (χ1n) is 9.53. The quantitative estimate of drug-likeness (QED) is 0.269. The number of anilines is 2. The minimum absolute atomic E-state index is 0.0918. The number of aromatic hydroxyl groups is 4. The van der Waals surface area contributed by atoms with Crippen molar-refractivity contribution in [3.05, 3.63) is 83.9 Å². The summed E-state index contributed by atoms with van der Waals surface area (Å²) in [6.45, 7) is 0. The molecule has 160 valence electrons. The van der Waals surface area contributed by atoms with Gasteiger partial charge in [-0.1, -0.05) is 36.4 Å². The van der Waals surface area contributed by atoms with E-state index in [0.717, 1.165) is 0 Å². The van der Waals surface area contributed by atoms with Crippen molar-refractivity contribution in [1.82, 2.24) is 0 Å². The first kappa shape index (κ1) is 20.5. The second-order valence-electron chi connectivity index (χ2n) is 6.96. The minimum atomic E-state index is -0.620. The monoisotopic (exact) mass is 430 g/mol. The van der Waals surface area contributed by atoms with Crippen molar-refractivity contribution in [2.45, 2.75) is 0 Å². The van der Waals surface area contributed by atoms with E-state index in [1.807, 2.05) is 0 Å². The van der Waals surface area contributed by atoms with Crippen molar-refractivity contribution < 1.29 is 30.0 Å². The lowest BCUT2D eigenvalue weighted by Crippen LogP contribution is -2.13. The average molecular weight is 430 g/mol. The van der Waals surface area contributed by atoms with Crippen molar-refractivity contribution in [2.24, 2.45) is 0 Å². The summed E-state index contributed by atoms with van der Waals surface area (Å²) >= 11 is 0. The van der Waals surface area contributed by atoms with Crippen LogP contribution in [0.1, 0.15) is 20.7 Å². The molecule has 0 saturated heterocycles. The van der Waals surface area contributed by atoms with Crippen molar-refractivity contribution in [2.75, 3.05) is 10.6 Å². The molecule has 32 heavy (non-hydrogen) atoms. The third-order valence-electron chi connectivity index (χ3n) is 4.94. The molecule has 0 aliphatic rings. The topological polar surface area (TPSA) is 139 Å². The van der Waals surface area contributed by atoms with Crippen LogP contribution in [0, 0.1) is 0 Å². The summed E-state index contributed by atoms with van der Waals surface area (Å²) in [5, 5.41) is 45.8. The number of fused-ring (bicyclic) bond motifs is 1. The first-order valence-corrected chi connectivity index (χ1v) is 9.53. The van der Waals surface area contributed by atoms with Gasteiger partial charge >= 0.3 is 0 Å². The molecule has 0 unspecified atom stereocenters. The van der Waals surface area contributed by atoms with Gasteiger partial charge in [0.1, 0.15) is 0 Å². The molecule has 8 nitrogen and oxygen atoms in total. The Labute approximate surface area is 182 Å². The third-order valence-corrected chi connectivity index (χ3v) is 4.94. The van der Waals surface area contributed by atoms with Crippen LogP contribution in [0.25, 0.3) is 10.8 Å². The summed E-state index contributed by atoms with van der Waals surface area (Å²) in [6, 6.07) is 18.3. The largest absolute Gasteiger partial charge is 0.504 e. The lowest BCUT2D eigenvalue weighted by Gasteiger charge is -2.14. The second kappa shape index (κ2) is 8.19. The highest BCUT2D eigenvalue weighted by Gasteiger charge is 2.17. The zero-order valence-electron chi connectivity index (χ0n) is 16.5. The number of phenolic OH excluding ortho intramolecular Hbond substituents is 4. The highest BCUT2D eigenvalue weighted by atomic mass is 16.3. The molecule has 2 amide bonds. The predicted molar refractivity (Wildman–Crippen MR) is 119 cm³/mol. The van der Waals surface area contributed by atoms with E-state index in [9.17, 15) is 30.0 Å². The third kappa shape index (κ3) is 3.72. The number of hydrogen-bond acceptors (Lipinski definition) is 6. The predicted octanol–water partition coefficient (Wildman–Crippen LogP) is 4.17. The van der Waals surface area contributed by atoms with E-state index in [1.54, 1.807) is 36.4 Å².